The van der Waals surface area contributed by atoms with Crippen LogP contribution >= 0.6 is 0 Å². The van der Waals surface area contributed by atoms with E-state index in [1.165, 1.54) is 16.7 Å². The van der Waals surface area contributed by atoms with E-state index in [4.69, 9.17) is 0 Å². The number of hydrogen-bond acceptors (Lipinski definition) is 1. The topological polar surface area (TPSA) is 22.0 Å². The van der Waals surface area contributed by atoms with Crippen LogP contribution in [0.15, 0.2) is 53.3 Å². The van der Waals surface area contributed by atoms with E-state index in [9.17, 15) is 4.79 Å². The van der Waals surface area contributed by atoms with Gasteiger partial charge in [-0.2, -0.15) is 0 Å². The Kier molecular flexibility index (Phi) is 3.02. The number of hydrogen-bond donors (Lipinski definition) is 0. The molecule has 0 unspecified atom stereocenters. The molecule has 114 valence electrons. The number of allylic oxidation sites excluding steroid dienone is 1. The smallest absolute Gasteiger partial charge is 0.258 e. The van der Waals surface area contributed by atoms with Crippen LogP contribution in [0.1, 0.15) is 27.8 Å². The number of benzene rings is 2. The highest BCUT2D eigenvalue weighted by atomic mass is 16.1. The fraction of sp³-hybridized carbons (Fsp3) is 0.190. The second-order valence-electron chi connectivity index (χ2n) is 6.30. The summed E-state index contributed by atoms with van der Waals surface area (Å²) in [4.78, 5) is 13.0. The van der Waals surface area contributed by atoms with Crippen LogP contribution in [0, 0.1) is 13.8 Å². The van der Waals surface area contributed by atoms with Gasteiger partial charge in [0.2, 0.25) is 0 Å². The molecule has 1 aliphatic carbocycles. The van der Waals surface area contributed by atoms with E-state index < -0.39 is 0 Å². The fourth-order valence-electron chi connectivity index (χ4n) is 3.75. The van der Waals surface area contributed by atoms with Gasteiger partial charge in [-0.05, 0) is 54.2 Å². The van der Waals surface area contributed by atoms with E-state index in [1.807, 2.05) is 25.2 Å². The lowest BCUT2D eigenvalue weighted by Gasteiger charge is -2.15. The van der Waals surface area contributed by atoms with Crippen molar-refractivity contribution < 1.29 is 0 Å². The van der Waals surface area contributed by atoms with Crippen molar-refractivity contribution in [3.63, 3.8) is 0 Å². The maximum absolute atomic E-state index is 13.0. The zero-order chi connectivity index (χ0) is 16.1. The molecule has 23 heavy (non-hydrogen) atoms. The molecule has 0 amide bonds. The predicted octanol–water partition coefficient (Wildman–Crippen LogP) is 4.14. The van der Waals surface area contributed by atoms with Gasteiger partial charge in [0.1, 0.15) is 0 Å². The maximum atomic E-state index is 13.0. The molecular formula is C21H19NO. The van der Waals surface area contributed by atoms with E-state index in [-0.39, 0.29) is 5.56 Å². The van der Waals surface area contributed by atoms with Crippen LogP contribution in [0.4, 0.5) is 0 Å². The van der Waals surface area contributed by atoms with Crippen molar-refractivity contribution in [1.82, 2.24) is 4.57 Å². The first kappa shape index (κ1) is 14.0. The zero-order valence-corrected chi connectivity index (χ0v) is 13.7. The Hall–Kier alpha value is -2.61. The number of para-hydroxylation sites is 1. The van der Waals surface area contributed by atoms with Crippen LogP contribution < -0.4 is 5.56 Å². The van der Waals surface area contributed by atoms with Gasteiger partial charge in [0.25, 0.3) is 5.56 Å². The number of rotatable bonds is 1. The molecule has 4 rings (SSSR count). The van der Waals surface area contributed by atoms with E-state index in [1.54, 1.807) is 4.57 Å². The Morgan fingerprint density at radius 1 is 1.00 bits per heavy atom. The zero-order valence-electron chi connectivity index (χ0n) is 13.7. The fourth-order valence-corrected chi connectivity index (χ4v) is 3.75. The second-order valence-corrected chi connectivity index (χ2v) is 6.30. The van der Waals surface area contributed by atoms with E-state index in [0.717, 1.165) is 34.0 Å². The Morgan fingerprint density at radius 3 is 2.61 bits per heavy atom. The van der Waals surface area contributed by atoms with Gasteiger partial charge in [-0.3, -0.25) is 4.79 Å². The van der Waals surface area contributed by atoms with Crippen molar-refractivity contribution in [1.29, 1.82) is 0 Å². The summed E-state index contributed by atoms with van der Waals surface area (Å²) in [5.41, 5.74) is 7.93. The second kappa shape index (κ2) is 4.95. The number of nitrogens with zero attached hydrogens (tertiary/aromatic N) is 1. The van der Waals surface area contributed by atoms with Crippen molar-refractivity contribution in [2.24, 2.45) is 7.05 Å². The molecule has 0 bridgehead atoms. The molecule has 1 heterocycles. The molecule has 0 aliphatic heterocycles. The molecule has 0 atom stereocenters. The van der Waals surface area contributed by atoms with Gasteiger partial charge >= 0.3 is 0 Å². The molecule has 0 saturated heterocycles. The molecule has 2 heteroatoms. The highest BCUT2D eigenvalue weighted by molar-refractivity contribution is 5.93. The first-order chi connectivity index (χ1) is 11.1. The Morgan fingerprint density at radius 2 is 1.78 bits per heavy atom. The van der Waals surface area contributed by atoms with E-state index >= 15 is 0 Å². The quantitative estimate of drug-likeness (QED) is 0.662. The molecule has 0 N–H and O–H groups in total. The lowest BCUT2D eigenvalue weighted by Crippen LogP contribution is -2.22. The molecule has 1 aromatic heterocycles. The minimum absolute atomic E-state index is 0.0850. The first-order valence-electron chi connectivity index (χ1n) is 7.97. The molecule has 3 aromatic rings. The van der Waals surface area contributed by atoms with Gasteiger partial charge in [-0.15, -0.1) is 0 Å². The molecular weight excluding hydrogens is 282 g/mol. The van der Waals surface area contributed by atoms with Crippen LogP contribution in [-0.2, 0) is 13.5 Å². The Labute approximate surface area is 135 Å². The number of fused-ring (bicyclic) bond motifs is 2. The summed E-state index contributed by atoms with van der Waals surface area (Å²) in [5.74, 6) is 0. The summed E-state index contributed by atoms with van der Waals surface area (Å²) < 4.78 is 1.77. The molecule has 0 radical (unpaired) electrons. The van der Waals surface area contributed by atoms with Crippen LogP contribution in [0.3, 0.4) is 0 Å². The molecule has 2 nitrogen and oxygen atoms in total. The minimum Gasteiger partial charge on any atom is -0.311 e. The molecule has 0 spiro atoms. The lowest BCUT2D eigenvalue weighted by molar-refractivity contribution is 0.897. The summed E-state index contributed by atoms with van der Waals surface area (Å²) in [7, 11) is 1.86. The third-order valence-corrected chi connectivity index (χ3v) is 5.04. The van der Waals surface area contributed by atoms with Crippen molar-refractivity contribution in [3.8, 4) is 0 Å². The normalized spacial score (nSPS) is 13.3. The predicted molar refractivity (Wildman–Crippen MR) is 95.9 cm³/mol. The van der Waals surface area contributed by atoms with E-state index in [2.05, 4.69) is 44.2 Å². The van der Waals surface area contributed by atoms with Gasteiger partial charge in [0.15, 0.2) is 0 Å². The van der Waals surface area contributed by atoms with Crippen LogP contribution in [0.25, 0.3) is 16.5 Å². The van der Waals surface area contributed by atoms with Crippen LogP contribution in [0.2, 0.25) is 0 Å². The largest absolute Gasteiger partial charge is 0.311 e. The first-order valence-corrected chi connectivity index (χ1v) is 7.97. The van der Waals surface area contributed by atoms with Gasteiger partial charge in [0, 0.05) is 12.4 Å². The highest BCUT2D eigenvalue weighted by Gasteiger charge is 2.22. The van der Waals surface area contributed by atoms with Gasteiger partial charge in [-0.1, -0.05) is 42.5 Å². The molecule has 0 saturated carbocycles. The third kappa shape index (κ3) is 1.91. The van der Waals surface area contributed by atoms with Crippen LogP contribution in [-0.4, -0.2) is 4.57 Å². The van der Waals surface area contributed by atoms with Crippen molar-refractivity contribution in [3.05, 3.63) is 86.7 Å². The average molecular weight is 301 g/mol. The number of aryl methyl sites for hydroxylation is 3. The Bertz CT molecular complexity index is 1040. The summed E-state index contributed by atoms with van der Waals surface area (Å²) in [6.45, 7) is 4.20. The Balaban J connectivity index is 2.07. The van der Waals surface area contributed by atoms with Crippen molar-refractivity contribution in [2.75, 3.05) is 0 Å². The van der Waals surface area contributed by atoms with E-state index in [0.29, 0.717) is 0 Å². The summed E-state index contributed by atoms with van der Waals surface area (Å²) in [6.07, 6.45) is 3.11. The summed E-state index contributed by atoms with van der Waals surface area (Å²) in [5, 5.41) is 1.15. The lowest BCUT2D eigenvalue weighted by atomic mass is 9.93. The van der Waals surface area contributed by atoms with Gasteiger partial charge in [0.05, 0.1) is 11.1 Å². The standard InChI is InChI=1S/C21H19NO/c1-13-7-6-9-17-15(13)11-12-18(17)20-14(2)16-8-4-5-10-19(16)22(3)21(20)23/h4-10,12H,11H2,1-3H3. The molecule has 0 fully saturated rings. The van der Waals surface area contributed by atoms with Crippen molar-refractivity contribution >= 4 is 16.5 Å². The third-order valence-electron chi connectivity index (χ3n) is 5.04. The summed E-state index contributed by atoms with van der Waals surface area (Å²) in [6, 6.07) is 14.5. The monoisotopic (exact) mass is 301 g/mol. The SMILES string of the molecule is Cc1cccc2c1CC=C2c1c(C)c2ccccc2n(C)c1=O. The summed E-state index contributed by atoms with van der Waals surface area (Å²) >= 11 is 0. The molecule has 1 aliphatic rings. The van der Waals surface area contributed by atoms with Gasteiger partial charge < -0.3 is 4.57 Å². The molecule has 2 aromatic carbocycles. The minimum atomic E-state index is 0.0850. The maximum Gasteiger partial charge on any atom is 0.258 e. The van der Waals surface area contributed by atoms with Crippen molar-refractivity contribution in [2.45, 2.75) is 20.3 Å². The average Bonchev–Trinajstić information content (AvgIpc) is 2.98. The number of pyridine rings is 1. The van der Waals surface area contributed by atoms with Gasteiger partial charge in [-0.25, -0.2) is 0 Å². The highest BCUT2D eigenvalue weighted by Crippen LogP contribution is 2.35. The number of aromatic nitrogens is 1. The van der Waals surface area contributed by atoms with Crippen LogP contribution in [0.5, 0.6) is 0 Å².